The third kappa shape index (κ3) is 4.86. The summed E-state index contributed by atoms with van der Waals surface area (Å²) in [6.45, 7) is 4.85. The fraction of sp³-hybridized carbons (Fsp3) is 0.312. The van der Waals surface area contributed by atoms with E-state index in [0.29, 0.717) is 13.1 Å². The number of likely N-dealkylation sites (N-methyl/N-ethyl adjacent to an activating group) is 1. The highest BCUT2D eigenvalue weighted by atomic mass is 127. The topological polar surface area (TPSA) is 45.5 Å². The van der Waals surface area contributed by atoms with E-state index in [9.17, 15) is 4.79 Å². The first kappa shape index (κ1) is 16.0. The van der Waals surface area contributed by atoms with Crippen molar-refractivity contribution < 1.29 is 9.21 Å². The molecule has 0 spiro atoms. The Kier molecular flexibility index (Phi) is 5.41. The molecule has 1 heterocycles. The van der Waals surface area contributed by atoms with Crippen molar-refractivity contribution in [1.82, 2.24) is 4.90 Å². The SMILES string of the molecule is Cc1ccc(CN(C)CC(=O)Nc2ccc(I)cc2C)o1. The van der Waals surface area contributed by atoms with Crippen molar-refractivity contribution in [3.05, 3.63) is 51.0 Å². The minimum absolute atomic E-state index is 0.0231. The molecule has 1 aromatic heterocycles. The number of halogens is 1. The van der Waals surface area contributed by atoms with E-state index in [1.165, 1.54) is 0 Å². The van der Waals surface area contributed by atoms with Gasteiger partial charge >= 0.3 is 0 Å². The number of carbonyl (C=O) groups excluding carboxylic acids is 1. The average Bonchev–Trinajstić information content (AvgIpc) is 2.78. The molecular formula is C16H19IN2O2. The Bertz CT molecular complexity index is 637. The standard InChI is InChI=1S/C16H19IN2O2/c1-11-8-13(17)5-7-15(11)18-16(20)10-19(3)9-14-6-4-12(2)21-14/h4-8H,9-10H2,1-3H3,(H,18,20). The fourth-order valence-corrected chi connectivity index (χ4v) is 2.74. The van der Waals surface area contributed by atoms with Crippen molar-refractivity contribution in [2.45, 2.75) is 20.4 Å². The van der Waals surface area contributed by atoms with Crippen LogP contribution in [0.2, 0.25) is 0 Å². The second-order valence-corrected chi connectivity index (χ2v) is 6.44. The molecule has 0 atom stereocenters. The predicted octanol–water partition coefficient (Wildman–Crippen LogP) is 3.57. The van der Waals surface area contributed by atoms with Gasteiger partial charge in [-0.15, -0.1) is 0 Å². The van der Waals surface area contributed by atoms with Crippen LogP contribution in [0.1, 0.15) is 17.1 Å². The van der Waals surface area contributed by atoms with E-state index in [1.807, 2.05) is 56.1 Å². The second-order valence-electron chi connectivity index (χ2n) is 5.19. The Balaban J connectivity index is 1.89. The lowest BCUT2D eigenvalue weighted by molar-refractivity contribution is -0.117. The van der Waals surface area contributed by atoms with Crippen LogP contribution in [0, 0.1) is 17.4 Å². The summed E-state index contributed by atoms with van der Waals surface area (Å²) in [6.07, 6.45) is 0. The van der Waals surface area contributed by atoms with Crippen LogP contribution < -0.4 is 5.32 Å². The van der Waals surface area contributed by atoms with Gasteiger partial charge in [-0.25, -0.2) is 0 Å². The molecule has 0 bridgehead atoms. The minimum Gasteiger partial charge on any atom is -0.465 e. The van der Waals surface area contributed by atoms with Gasteiger partial charge in [0.1, 0.15) is 11.5 Å². The van der Waals surface area contributed by atoms with Gasteiger partial charge in [0.15, 0.2) is 0 Å². The maximum atomic E-state index is 12.1. The summed E-state index contributed by atoms with van der Waals surface area (Å²) in [5.74, 6) is 1.73. The number of nitrogens with zero attached hydrogens (tertiary/aromatic N) is 1. The molecule has 0 saturated carbocycles. The molecule has 0 aliphatic heterocycles. The number of hydrogen-bond donors (Lipinski definition) is 1. The lowest BCUT2D eigenvalue weighted by Gasteiger charge is -2.15. The van der Waals surface area contributed by atoms with Crippen LogP contribution in [0.15, 0.2) is 34.7 Å². The van der Waals surface area contributed by atoms with Gasteiger partial charge in [-0.3, -0.25) is 9.69 Å². The molecule has 2 rings (SSSR count). The van der Waals surface area contributed by atoms with E-state index in [-0.39, 0.29) is 5.91 Å². The van der Waals surface area contributed by atoms with E-state index in [1.54, 1.807) is 0 Å². The van der Waals surface area contributed by atoms with Crippen molar-refractivity contribution in [3.8, 4) is 0 Å². The monoisotopic (exact) mass is 398 g/mol. The molecule has 1 aromatic carbocycles. The van der Waals surface area contributed by atoms with Crippen LogP contribution in [-0.4, -0.2) is 24.4 Å². The zero-order chi connectivity index (χ0) is 15.4. The van der Waals surface area contributed by atoms with E-state index >= 15 is 0 Å². The molecule has 0 saturated heterocycles. The number of aryl methyl sites for hydroxylation is 2. The molecule has 4 nitrogen and oxygen atoms in total. The molecule has 0 radical (unpaired) electrons. The molecule has 1 N–H and O–H groups in total. The summed E-state index contributed by atoms with van der Waals surface area (Å²) in [6, 6.07) is 9.83. The summed E-state index contributed by atoms with van der Waals surface area (Å²) < 4.78 is 6.67. The Hall–Kier alpha value is -1.34. The predicted molar refractivity (Wildman–Crippen MR) is 92.3 cm³/mol. The number of rotatable bonds is 5. The largest absolute Gasteiger partial charge is 0.465 e. The van der Waals surface area contributed by atoms with Gasteiger partial charge in [-0.2, -0.15) is 0 Å². The van der Waals surface area contributed by atoms with Gasteiger partial charge in [-0.05, 0) is 79.4 Å². The summed E-state index contributed by atoms with van der Waals surface area (Å²) in [5, 5.41) is 2.94. The summed E-state index contributed by atoms with van der Waals surface area (Å²) in [7, 11) is 1.90. The van der Waals surface area contributed by atoms with Crippen LogP contribution in [0.4, 0.5) is 5.69 Å². The number of nitrogens with one attached hydrogen (secondary N) is 1. The van der Waals surface area contributed by atoms with Crippen LogP contribution in [0.25, 0.3) is 0 Å². The normalized spacial score (nSPS) is 10.9. The lowest BCUT2D eigenvalue weighted by Crippen LogP contribution is -2.29. The van der Waals surface area contributed by atoms with Gasteiger partial charge in [0.2, 0.25) is 5.91 Å². The number of anilines is 1. The van der Waals surface area contributed by atoms with Crippen LogP contribution >= 0.6 is 22.6 Å². The number of benzene rings is 1. The number of furan rings is 1. The highest BCUT2D eigenvalue weighted by Gasteiger charge is 2.10. The first-order valence-electron chi connectivity index (χ1n) is 6.74. The van der Waals surface area contributed by atoms with Gasteiger partial charge in [0.25, 0.3) is 0 Å². The molecule has 1 amide bonds. The summed E-state index contributed by atoms with van der Waals surface area (Å²) in [4.78, 5) is 14.0. The Labute approximate surface area is 138 Å². The number of hydrogen-bond acceptors (Lipinski definition) is 3. The van der Waals surface area contributed by atoms with Crippen LogP contribution in [0.3, 0.4) is 0 Å². The maximum Gasteiger partial charge on any atom is 0.238 e. The lowest BCUT2D eigenvalue weighted by atomic mass is 10.2. The molecule has 21 heavy (non-hydrogen) atoms. The summed E-state index contributed by atoms with van der Waals surface area (Å²) in [5.41, 5.74) is 1.93. The quantitative estimate of drug-likeness (QED) is 0.784. The highest BCUT2D eigenvalue weighted by molar-refractivity contribution is 14.1. The maximum absolute atomic E-state index is 12.1. The smallest absolute Gasteiger partial charge is 0.238 e. The number of amides is 1. The van der Waals surface area contributed by atoms with E-state index in [2.05, 4.69) is 27.9 Å². The van der Waals surface area contributed by atoms with Crippen molar-refractivity contribution in [1.29, 1.82) is 0 Å². The average molecular weight is 398 g/mol. The molecule has 0 fully saturated rings. The molecule has 0 unspecified atom stereocenters. The molecular weight excluding hydrogens is 379 g/mol. The zero-order valence-electron chi connectivity index (χ0n) is 12.4. The summed E-state index contributed by atoms with van der Waals surface area (Å²) >= 11 is 2.26. The third-order valence-corrected chi connectivity index (χ3v) is 3.77. The number of carbonyl (C=O) groups is 1. The van der Waals surface area contributed by atoms with E-state index < -0.39 is 0 Å². The van der Waals surface area contributed by atoms with Crippen molar-refractivity contribution in [2.75, 3.05) is 18.9 Å². The van der Waals surface area contributed by atoms with Crippen LogP contribution in [0.5, 0.6) is 0 Å². The Morgan fingerprint density at radius 3 is 2.67 bits per heavy atom. The van der Waals surface area contributed by atoms with Crippen molar-refractivity contribution in [2.24, 2.45) is 0 Å². The molecule has 2 aromatic rings. The Morgan fingerprint density at radius 1 is 1.29 bits per heavy atom. The van der Waals surface area contributed by atoms with Crippen molar-refractivity contribution >= 4 is 34.2 Å². The third-order valence-electron chi connectivity index (χ3n) is 3.10. The van der Waals surface area contributed by atoms with Gasteiger partial charge in [0, 0.05) is 9.26 Å². The first-order chi connectivity index (χ1) is 9.94. The van der Waals surface area contributed by atoms with Crippen molar-refractivity contribution in [3.63, 3.8) is 0 Å². The Morgan fingerprint density at radius 2 is 2.05 bits per heavy atom. The molecule has 5 heteroatoms. The van der Waals surface area contributed by atoms with Gasteiger partial charge in [0.05, 0.1) is 13.1 Å². The van der Waals surface area contributed by atoms with Crippen LogP contribution in [-0.2, 0) is 11.3 Å². The highest BCUT2D eigenvalue weighted by Crippen LogP contribution is 2.17. The minimum atomic E-state index is -0.0231. The molecule has 0 aliphatic rings. The molecule has 0 aliphatic carbocycles. The second kappa shape index (κ2) is 7.09. The van der Waals surface area contributed by atoms with E-state index in [0.717, 1.165) is 26.3 Å². The molecule has 112 valence electrons. The first-order valence-corrected chi connectivity index (χ1v) is 7.82. The fourth-order valence-electron chi connectivity index (χ4n) is 2.09. The van der Waals surface area contributed by atoms with E-state index in [4.69, 9.17) is 4.42 Å². The van der Waals surface area contributed by atoms with Gasteiger partial charge < -0.3 is 9.73 Å². The van der Waals surface area contributed by atoms with Gasteiger partial charge in [-0.1, -0.05) is 0 Å². The zero-order valence-corrected chi connectivity index (χ0v) is 14.6.